The molecular weight excluding hydrogens is 376 g/mol. The Labute approximate surface area is 174 Å². The second-order valence-corrected chi connectivity index (χ2v) is 7.34. The molecule has 0 saturated carbocycles. The average Bonchev–Trinajstić information content (AvgIpc) is 3.19. The maximum absolute atomic E-state index is 13.2. The van der Waals surface area contributed by atoms with Crippen LogP contribution in [0.25, 0.3) is 10.9 Å². The van der Waals surface area contributed by atoms with Crippen molar-refractivity contribution in [3.05, 3.63) is 84.1 Å². The zero-order valence-electron chi connectivity index (χ0n) is 16.8. The Morgan fingerprint density at radius 3 is 2.30 bits per heavy atom. The van der Waals surface area contributed by atoms with E-state index in [1.54, 1.807) is 6.07 Å². The Hall–Kier alpha value is -3.93. The van der Waals surface area contributed by atoms with Gasteiger partial charge in [0.1, 0.15) is 5.69 Å². The number of fused-ring (bicyclic) bond motifs is 1. The standard InChI is InChI=1S/C24H22N4O2/c1-15(2)24(30)26-17-13-11-16(12-14-17)25-20-9-5-4-8-19(20)23(29)22-18-7-3-6-10-21(18)27-28-22/h3-15,25H,1-2H3,(H,26,30)(H,27,28). The van der Waals surface area contributed by atoms with Crippen molar-refractivity contribution in [1.29, 1.82) is 0 Å². The highest BCUT2D eigenvalue weighted by Crippen LogP contribution is 2.26. The lowest BCUT2D eigenvalue weighted by molar-refractivity contribution is -0.118. The first-order chi connectivity index (χ1) is 14.5. The third-order valence-electron chi connectivity index (χ3n) is 4.81. The van der Waals surface area contributed by atoms with Crippen LogP contribution in [0.4, 0.5) is 17.1 Å². The largest absolute Gasteiger partial charge is 0.355 e. The highest BCUT2D eigenvalue weighted by atomic mass is 16.1. The molecule has 1 heterocycles. The highest BCUT2D eigenvalue weighted by molar-refractivity contribution is 6.17. The fourth-order valence-corrected chi connectivity index (χ4v) is 3.13. The van der Waals surface area contributed by atoms with Gasteiger partial charge in [0.05, 0.1) is 5.52 Å². The van der Waals surface area contributed by atoms with Gasteiger partial charge >= 0.3 is 0 Å². The van der Waals surface area contributed by atoms with Gasteiger partial charge in [0.15, 0.2) is 0 Å². The minimum absolute atomic E-state index is 0.0297. The van der Waals surface area contributed by atoms with E-state index in [0.29, 0.717) is 16.9 Å². The van der Waals surface area contributed by atoms with Crippen LogP contribution >= 0.6 is 0 Å². The molecule has 0 unspecified atom stereocenters. The number of rotatable bonds is 6. The van der Waals surface area contributed by atoms with Crippen LogP contribution in [-0.4, -0.2) is 21.9 Å². The SMILES string of the molecule is CC(C)C(=O)Nc1ccc(Nc2ccccc2C(=O)c2n[nH]c3ccccc23)cc1. The molecule has 0 spiro atoms. The van der Waals surface area contributed by atoms with Gasteiger partial charge in [-0.15, -0.1) is 0 Å². The van der Waals surface area contributed by atoms with Crippen LogP contribution in [0.1, 0.15) is 29.9 Å². The van der Waals surface area contributed by atoms with Crippen molar-refractivity contribution in [2.24, 2.45) is 5.92 Å². The second-order valence-electron chi connectivity index (χ2n) is 7.34. The second kappa shape index (κ2) is 8.21. The van der Waals surface area contributed by atoms with Crippen molar-refractivity contribution in [3.63, 3.8) is 0 Å². The molecule has 0 atom stereocenters. The van der Waals surface area contributed by atoms with Gasteiger partial charge in [-0.25, -0.2) is 0 Å². The number of aromatic amines is 1. The zero-order chi connectivity index (χ0) is 21.1. The number of carbonyl (C=O) groups excluding carboxylic acids is 2. The summed E-state index contributed by atoms with van der Waals surface area (Å²) >= 11 is 0. The number of hydrogen-bond acceptors (Lipinski definition) is 4. The van der Waals surface area contributed by atoms with E-state index in [1.165, 1.54) is 0 Å². The van der Waals surface area contributed by atoms with Gasteiger partial charge in [-0.1, -0.05) is 44.2 Å². The van der Waals surface area contributed by atoms with Gasteiger partial charge in [-0.05, 0) is 42.5 Å². The number of anilines is 3. The van der Waals surface area contributed by atoms with Crippen molar-refractivity contribution in [3.8, 4) is 0 Å². The lowest BCUT2D eigenvalue weighted by Gasteiger charge is -2.12. The Balaban J connectivity index is 1.58. The van der Waals surface area contributed by atoms with E-state index < -0.39 is 0 Å². The fraction of sp³-hybridized carbons (Fsp3) is 0.125. The molecule has 1 amide bonds. The monoisotopic (exact) mass is 398 g/mol. The van der Waals surface area contributed by atoms with E-state index in [9.17, 15) is 9.59 Å². The van der Waals surface area contributed by atoms with E-state index in [0.717, 1.165) is 22.3 Å². The van der Waals surface area contributed by atoms with Gasteiger partial charge in [0.2, 0.25) is 11.7 Å². The predicted molar refractivity (Wildman–Crippen MR) is 119 cm³/mol. The van der Waals surface area contributed by atoms with E-state index in [4.69, 9.17) is 0 Å². The molecule has 0 aliphatic heterocycles. The number of para-hydroxylation sites is 2. The van der Waals surface area contributed by atoms with Crippen molar-refractivity contribution in [2.75, 3.05) is 10.6 Å². The summed E-state index contributed by atoms with van der Waals surface area (Å²) < 4.78 is 0. The minimum Gasteiger partial charge on any atom is -0.355 e. The van der Waals surface area contributed by atoms with Crippen molar-refractivity contribution < 1.29 is 9.59 Å². The zero-order valence-corrected chi connectivity index (χ0v) is 16.8. The Kier molecular flexibility index (Phi) is 5.30. The van der Waals surface area contributed by atoms with E-state index in [-0.39, 0.29) is 17.6 Å². The molecule has 6 heteroatoms. The summed E-state index contributed by atoms with van der Waals surface area (Å²) in [5, 5.41) is 14.1. The average molecular weight is 398 g/mol. The molecule has 3 aromatic carbocycles. The molecule has 150 valence electrons. The number of nitrogens with one attached hydrogen (secondary N) is 3. The number of carbonyl (C=O) groups is 2. The summed E-state index contributed by atoms with van der Waals surface area (Å²) in [5.41, 5.74) is 3.98. The quantitative estimate of drug-likeness (QED) is 0.393. The van der Waals surface area contributed by atoms with Gasteiger partial charge in [-0.2, -0.15) is 5.10 Å². The first-order valence-corrected chi connectivity index (χ1v) is 9.77. The molecule has 4 aromatic rings. The molecule has 0 aliphatic carbocycles. The normalized spacial score (nSPS) is 10.9. The maximum Gasteiger partial charge on any atom is 0.226 e. The topological polar surface area (TPSA) is 86.9 Å². The summed E-state index contributed by atoms with van der Waals surface area (Å²) in [6.07, 6.45) is 0. The van der Waals surface area contributed by atoms with Crippen LogP contribution in [-0.2, 0) is 4.79 Å². The summed E-state index contributed by atoms with van der Waals surface area (Å²) in [7, 11) is 0. The van der Waals surface area contributed by atoms with E-state index in [2.05, 4.69) is 20.8 Å². The number of hydrogen-bond donors (Lipinski definition) is 3. The van der Waals surface area contributed by atoms with Crippen molar-refractivity contribution in [2.45, 2.75) is 13.8 Å². The van der Waals surface area contributed by atoms with Crippen molar-refractivity contribution >= 4 is 39.7 Å². The molecule has 4 rings (SSSR count). The molecule has 0 radical (unpaired) electrons. The van der Waals surface area contributed by atoms with Gasteiger partial charge in [0, 0.05) is 33.9 Å². The number of ketones is 1. The van der Waals surface area contributed by atoms with Gasteiger partial charge in [0.25, 0.3) is 0 Å². The third-order valence-corrected chi connectivity index (χ3v) is 4.81. The van der Waals surface area contributed by atoms with Crippen LogP contribution in [0, 0.1) is 5.92 Å². The van der Waals surface area contributed by atoms with E-state index >= 15 is 0 Å². The number of aromatic nitrogens is 2. The van der Waals surface area contributed by atoms with Crippen LogP contribution in [0.5, 0.6) is 0 Å². The fourth-order valence-electron chi connectivity index (χ4n) is 3.13. The molecule has 3 N–H and O–H groups in total. The van der Waals surface area contributed by atoms with Gasteiger partial charge in [-0.3, -0.25) is 14.7 Å². The lowest BCUT2D eigenvalue weighted by Crippen LogP contribution is -2.17. The number of benzene rings is 3. The summed E-state index contributed by atoms with van der Waals surface area (Å²) in [5.74, 6) is -0.270. The van der Waals surface area contributed by atoms with Crippen LogP contribution in [0.15, 0.2) is 72.8 Å². The molecule has 1 aromatic heterocycles. The van der Waals surface area contributed by atoms with Crippen molar-refractivity contribution in [1.82, 2.24) is 10.2 Å². The van der Waals surface area contributed by atoms with Crippen LogP contribution in [0.3, 0.4) is 0 Å². The predicted octanol–water partition coefficient (Wildman–Crippen LogP) is 5.13. The molecule has 6 nitrogen and oxygen atoms in total. The molecule has 30 heavy (non-hydrogen) atoms. The first-order valence-electron chi connectivity index (χ1n) is 9.77. The first kappa shape index (κ1) is 19.4. The number of amides is 1. The number of H-pyrrole nitrogens is 1. The number of nitrogens with zero attached hydrogens (tertiary/aromatic N) is 1. The highest BCUT2D eigenvalue weighted by Gasteiger charge is 2.19. The Morgan fingerprint density at radius 1 is 0.867 bits per heavy atom. The smallest absolute Gasteiger partial charge is 0.226 e. The summed E-state index contributed by atoms with van der Waals surface area (Å²) in [6.45, 7) is 3.70. The molecular formula is C24H22N4O2. The molecule has 0 aliphatic rings. The lowest BCUT2D eigenvalue weighted by atomic mass is 10.0. The molecule has 0 fully saturated rings. The molecule has 0 bridgehead atoms. The maximum atomic E-state index is 13.2. The van der Waals surface area contributed by atoms with Gasteiger partial charge < -0.3 is 10.6 Å². The third kappa shape index (κ3) is 3.93. The Morgan fingerprint density at radius 2 is 1.53 bits per heavy atom. The summed E-state index contributed by atoms with van der Waals surface area (Å²) in [4.78, 5) is 25.0. The minimum atomic E-state index is -0.156. The van der Waals surface area contributed by atoms with Crippen LogP contribution in [0.2, 0.25) is 0 Å². The van der Waals surface area contributed by atoms with Crippen LogP contribution < -0.4 is 10.6 Å². The summed E-state index contributed by atoms with van der Waals surface area (Å²) in [6, 6.07) is 22.3. The van der Waals surface area contributed by atoms with E-state index in [1.807, 2.05) is 80.6 Å². The Bertz CT molecular complexity index is 1210. The molecule has 0 saturated heterocycles.